The lowest BCUT2D eigenvalue weighted by Gasteiger charge is -2.23. The van der Waals surface area contributed by atoms with Gasteiger partial charge in [0.15, 0.2) is 11.5 Å². The SMILES string of the molecule is COc1cc(C(=O)O[C@H](C(=O)N2CCCC2)c2ccccc2)ccc1OCC(C)C. The van der Waals surface area contributed by atoms with Crippen LogP contribution in [-0.4, -0.2) is 43.6 Å². The second kappa shape index (κ2) is 10.1. The number of hydrogen-bond acceptors (Lipinski definition) is 5. The third kappa shape index (κ3) is 5.32. The average Bonchev–Trinajstić information content (AvgIpc) is 3.30. The van der Waals surface area contributed by atoms with Crippen molar-refractivity contribution in [3.8, 4) is 11.5 Å². The molecule has 6 heteroatoms. The van der Waals surface area contributed by atoms with Gasteiger partial charge in [-0.2, -0.15) is 0 Å². The van der Waals surface area contributed by atoms with Crippen molar-refractivity contribution in [3.63, 3.8) is 0 Å². The van der Waals surface area contributed by atoms with E-state index >= 15 is 0 Å². The fraction of sp³-hybridized carbons (Fsp3) is 0.417. The summed E-state index contributed by atoms with van der Waals surface area (Å²) in [7, 11) is 1.52. The van der Waals surface area contributed by atoms with Gasteiger partial charge in [-0.3, -0.25) is 4.79 Å². The molecule has 0 saturated carbocycles. The maximum Gasteiger partial charge on any atom is 0.339 e. The molecule has 2 aromatic carbocycles. The fourth-order valence-corrected chi connectivity index (χ4v) is 3.34. The predicted octanol–water partition coefficient (Wildman–Crippen LogP) is 4.25. The van der Waals surface area contributed by atoms with Crippen molar-refractivity contribution in [2.45, 2.75) is 32.8 Å². The Morgan fingerprint density at radius 3 is 2.33 bits per heavy atom. The largest absolute Gasteiger partial charge is 0.493 e. The Kier molecular flexibility index (Phi) is 7.33. The van der Waals surface area contributed by atoms with E-state index in [9.17, 15) is 9.59 Å². The number of methoxy groups -OCH3 is 1. The summed E-state index contributed by atoms with van der Waals surface area (Å²) in [6, 6.07) is 14.0. The number of nitrogens with zero attached hydrogens (tertiary/aromatic N) is 1. The summed E-state index contributed by atoms with van der Waals surface area (Å²) >= 11 is 0. The molecule has 30 heavy (non-hydrogen) atoms. The normalized spacial score (nSPS) is 14.5. The Morgan fingerprint density at radius 2 is 1.70 bits per heavy atom. The highest BCUT2D eigenvalue weighted by atomic mass is 16.5. The van der Waals surface area contributed by atoms with Crippen LogP contribution in [0, 0.1) is 5.92 Å². The maximum atomic E-state index is 13.0. The number of rotatable bonds is 8. The molecule has 2 aromatic rings. The molecular weight excluding hydrogens is 382 g/mol. The van der Waals surface area contributed by atoms with Crippen molar-refractivity contribution in [3.05, 3.63) is 59.7 Å². The van der Waals surface area contributed by atoms with E-state index in [0.717, 1.165) is 12.8 Å². The Labute approximate surface area is 177 Å². The van der Waals surface area contributed by atoms with Crippen LogP contribution in [-0.2, 0) is 9.53 Å². The Morgan fingerprint density at radius 1 is 1.00 bits per heavy atom. The first-order valence-corrected chi connectivity index (χ1v) is 10.3. The monoisotopic (exact) mass is 411 g/mol. The van der Waals surface area contributed by atoms with Gasteiger partial charge in [0.05, 0.1) is 19.3 Å². The quantitative estimate of drug-likeness (QED) is 0.608. The standard InChI is InChI=1S/C24H29NO5/c1-17(2)16-29-20-12-11-19(15-21(20)28-3)24(27)30-22(18-9-5-4-6-10-18)23(26)25-13-7-8-14-25/h4-6,9-12,15,17,22H,7-8,13-14,16H2,1-3H3/t22-/m0/s1. The first-order valence-electron chi connectivity index (χ1n) is 10.3. The number of benzene rings is 2. The Balaban J connectivity index is 1.80. The van der Waals surface area contributed by atoms with Gasteiger partial charge in [0.2, 0.25) is 6.10 Å². The van der Waals surface area contributed by atoms with Crippen molar-refractivity contribution in [1.29, 1.82) is 0 Å². The molecule has 0 spiro atoms. The first-order chi connectivity index (χ1) is 14.5. The molecule has 1 amide bonds. The lowest BCUT2D eigenvalue weighted by Crippen LogP contribution is -2.34. The molecule has 6 nitrogen and oxygen atoms in total. The van der Waals surface area contributed by atoms with Crippen molar-refractivity contribution < 1.29 is 23.8 Å². The summed E-state index contributed by atoms with van der Waals surface area (Å²) in [5, 5.41) is 0. The maximum absolute atomic E-state index is 13.0. The van der Waals surface area contributed by atoms with Crippen LogP contribution in [0.2, 0.25) is 0 Å². The number of carbonyl (C=O) groups is 2. The summed E-state index contributed by atoms with van der Waals surface area (Å²) in [5.41, 5.74) is 0.963. The fourth-order valence-electron chi connectivity index (χ4n) is 3.34. The van der Waals surface area contributed by atoms with Crippen LogP contribution in [0.4, 0.5) is 0 Å². The number of ether oxygens (including phenoxy) is 3. The number of hydrogen-bond donors (Lipinski definition) is 0. The van der Waals surface area contributed by atoms with Gasteiger partial charge in [-0.15, -0.1) is 0 Å². The zero-order chi connectivity index (χ0) is 21.5. The highest BCUT2D eigenvalue weighted by Crippen LogP contribution is 2.30. The van der Waals surface area contributed by atoms with Crippen molar-refractivity contribution >= 4 is 11.9 Å². The number of carbonyl (C=O) groups excluding carboxylic acids is 2. The van der Waals surface area contributed by atoms with E-state index < -0.39 is 12.1 Å². The van der Waals surface area contributed by atoms with E-state index in [1.165, 1.54) is 7.11 Å². The minimum absolute atomic E-state index is 0.184. The number of esters is 1. The van der Waals surface area contributed by atoms with Crippen LogP contribution in [0.5, 0.6) is 11.5 Å². The predicted molar refractivity (Wildman–Crippen MR) is 114 cm³/mol. The summed E-state index contributed by atoms with van der Waals surface area (Å²) in [4.78, 5) is 27.7. The molecule has 1 aliphatic rings. The van der Waals surface area contributed by atoms with Crippen LogP contribution in [0.3, 0.4) is 0 Å². The topological polar surface area (TPSA) is 65.1 Å². The molecule has 1 atom stereocenters. The van der Waals surface area contributed by atoms with Crippen molar-refractivity contribution in [2.75, 3.05) is 26.8 Å². The van der Waals surface area contributed by atoms with Crippen LogP contribution >= 0.6 is 0 Å². The van der Waals surface area contributed by atoms with Crippen molar-refractivity contribution in [2.24, 2.45) is 5.92 Å². The minimum atomic E-state index is -0.973. The molecule has 0 bridgehead atoms. The van der Waals surface area contributed by atoms with Crippen LogP contribution in [0.15, 0.2) is 48.5 Å². The third-order valence-electron chi connectivity index (χ3n) is 4.94. The average molecular weight is 411 g/mol. The zero-order valence-electron chi connectivity index (χ0n) is 17.8. The molecule has 160 valence electrons. The minimum Gasteiger partial charge on any atom is -0.493 e. The zero-order valence-corrected chi connectivity index (χ0v) is 17.8. The van der Waals surface area contributed by atoms with E-state index in [4.69, 9.17) is 14.2 Å². The molecule has 0 unspecified atom stereocenters. The molecule has 1 heterocycles. The molecule has 0 N–H and O–H groups in total. The molecule has 1 saturated heterocycles. The van der Waals surface area contributed by atoms with E-state index in [1.54, 1.807) is 35.2 Å². The lowest BCUT2D eigenvalue weighted by molar-refractivity contribution is -0.140. The molecule has 0 aliphatic carbocycles. The second-order valence-corrected chi connectivity index (χ2v) is 7.80. The van der Waals surface area contributed by atoms with E-state index in [-0.39, 0.29) is 5.91 Å². The highest BCUT2D eigenvalue weighted by Gasteiger charge is 2.31. The number of likely N-dealkylation sites (tertiary alicyclic amines) is 1. The van der Waals surface area contributed by atoms with Gasteiger partial charge >= 0.3 is 5.97 Å². The van der Waals surface area contributed by atoms with Crippen molar-refractivity contribution in [1.82, 2.24) is 4.90 Å². The van der Waals surface area contributed by atoms with Crippen LogP contribution in [0.25, 0.3) is 0 Å². The molecule has 3 rings (SSSR count). The lowest BCUT2D eigenvalue weighted by atomic mass is 10.1. The highest BCUT2D eigenvalue weighted by molar-refractivity contribution is 5.93. The molecule has 0 radical (unpaired) electrons. The summed E-state index contributed by atoms with van der Waals surface area (Å²) in [6.45, 7) is 6.03. The smallest absolute Gasteiger partial charge is 0.339 e. The molecule has 1 fully saturated rings. The summed E-state index contributed by atoms with van der Waals surface area (Å²) in [5.74, 6) is 0.617. The van der Waals surface area contributed by atoms with Gasteiger partial charge < -0.3 is 19.1 Å². The van der Waals surface area contributed by atoms with Gasteiger partial charge in [0.25, 0.3) is 5.91 Å². The summed E-state index contributed by atoms with van der Waals surface area (Å²) in [6.07, 6.45) is 0.964. The van der Waals surface area contributed by atoms with E-state index in [2.05, 4.69) is 13.8 Å². The van der Waals surface area contributed by atoms with Gasteiger partial charge in [0.1, 0.15) is 0 Å². The Hall–Kier alpha value is -3.02. The second-order valence-electron chi connectivity index (χ2n) is 7.80. The molecule has 0 aromatic heterocycles. The van der Waals surface area contributed by atoms with Crippen LogP contribution < -0.4 is 9.47 Å². The summed E-state index contributed by atoms with van der Waals surface area (Å²) < 4.78 is 16.8. The van der Waals surface area contributed by atoms with Gasteiger partial charge in [-0.25, -0.2) is 4.79 Å². The number of amides is 1. The molecular formula is C24H29NO5. The Bertz CT molecular complexity index is 859. The van der Waals surface area contributed by atoms with Crippen LogP contribution in [0.1, 0.15) is 48.7 Å². The first kappa shape index (κ1) is 21.7. The van der Waals surface area contributed by atoms with Gasteiger partial charge in [0, 0.05) is 18.7 Å². The van der Waals surface area contributed by atoms with E-state index in [0.29, 0.717) is 48.2 Å². The van der Waals surface area contributed by atoms with Gasteiger partial charge in [-0.1, -0.05) is 44.2 Å². The van der Waals surface area contributed by atoms with Gasteiger partial charge in [-0.05, 0) is 37.0 Å². The van der Waals surface area contributed by atoms with E-state index in [1.807, 2.05) is 18.2 Å². The third-order valence-corrected chi connectivity index (χ3v) is 4.94. The molecule has 1 aliphatic heterocycles.